The van der Waals surface area contributed by atoms with Crippen LogP contribution in [-0.2, 0) is 21.4 Å². The number of amides is 1. The van der Waals surface area contributed by atoms with Crippen LogP contribution in [-0.4, -0.2) is 41.7 Å². The normalized spacial score (nSPS) is 16.5. The Morgan fingerprint density at radius 1 is 1.09 bits per heavy atom. The van der Waals surface area contributed by atoms with E-state index in [9.17, 15) is 22.8 Å². The first-order valence-electron chi connectivity index (χ1n) is 11.1. The van der Waals surface area contributed by atoms with Gasteiger partial charge in [-0.05, 0) is 49.6 Å². The molecule has 2 aromatic carbocycles. The fraction of sp³-hybridized carbons (Fsp3) is 0.292. The molecule has 3 aromatic rings. The molecule has 2 heterocycles. The number of sulfonamides is 1. The van der Waals surface area contributed by atoms with Crippen molar-refractivity contribution >= 4 is 21.6 Å². The second-order valence-corrected chi connectivity index (χ2v) is 10.2. The molecule has 3 N–H and O–H groups in total. The number of H-pyrrole nitrogens is 2. The molecule has 1 atom stereocenters. The SMILES string of the molecule is Cc1[nH]c(=O)[nH]c(=O)c1S(=O)(=O)N1CCC[C@@H](C(=O)Nc2ccc(OCc3ccccc3)cc2)C1. The van der Waals surface area contributed by atoms with Crippen molar-refractivity contribution in [2.24, 2.45) is 5.92 Å². The molecule has 1 aliphatic rings. The van der Waals surface area contributed by atoms with Crippen molar-refractivity contribution in [1.82, 2.24) is 14.3 Å². The van der Waals surface area contributed by atoms with Gasteiger partial charge in [0, 0.05) is 24.5 Å². The highest BCUT2D eigenvalue weighted by molar-refractivity contribution is 7.89. The molecule has 1 fully saturated rings. The zero-order chi connectivity index (χ0) is 25.0. The highest BCUT2D eigenvalue weighted by atomic mass is 32.2. The number of benzene rings is 2. The summed E-state index contributed by atoms with van der Waals surface area (Å²) in [6.07, 6.45) is 0.973. The molecule has 184 valence electrons. The summed E-state index contributed by atoms with van der Waals surface area (Å²) in [5, 5.41) is 2.82. The minimum absolute atomic E-state index is 0.0418. The van der Waals surface area contributed by atoms with Crippen molar-refractivity contribution in [3.05, 3.63) is 86.7 Å². The lowest BCUT2D eigenvalue weighted by Gasteiger charge is -2.31. The number of aromatic amines is 2. The minimum atomic E-state index is -4.19. The molecule has 0 spiro atoms. The molecule has 1 amide bonds. The molecule has 1 aliphatic heterocycles. The molecular weight excluding hydrogens is 472 g/mol. The standard InChI is InChI=1S/C24H26N4O6S/c1-16-21(23(30)27-24(31)25-16)35(32,33)28-13-5-8-18(14-28)22(29)26-19-9-11-20(12-10-19)34-15-17-6-3-2-4-7-17/h2-4,6-7,9-12,18H,5,8,13-15H2,1H3,(H,26,29)(H2,25,27,30,31)/t18-/m1/s1. The number of piperidine rings is 1. The van der Waals surface area contributed by atoms with E-state index in [2.05, 4.69) is 10.3 Å². The van der Waals surface area contributed by atoms with Gasteiger partial charge in [0.1, 0.15) is 12.4 Å². The topological polar surface area (TPSA) is 141 Å². The number of hydrogen-bond acceptors (Lipinski definition) is 6. The van der Waals surface area contributed by atoms with Gasteiger partial charge in [0.2, 0.25) is 15.9 Å². The Morgan fingerprint density at radius 3 is 2.49 bits per heavy atom. The first kappa shape index (κ1) is 24.4. The third kappa shape index (κ3) is 5.69. The van der Waals surface area contributed by atoms with Crippen LogP contribution in [0, 0.1) is 12.8 Å². The van der Waals surface area contributed by atoms with Crippen LogP contribution in [0.1, 0.15) is 24.1 Å². The van der Waals surface area contributed by atoms with E-state index in [1.54, 1.807) is 24.3 Å². The third-order valence-electron chi connectivity index (χ3n) is 5.80. The number of aromatic nitrogens is 2. The summed E-state index contributed by atoms with van der Waals surface area (Å²) in [6, 6.07) is 16.7. The van der Waals surface area contributed by atoms with Gasteiger partial charge in [0.05, 0.1) is 5.92 Å². The van der Waals surface area contributed by atoms with Crippen LogP contribution in [0.15, 0.2) is 69.1 Å². The number of carbonyl (C=O) groups is 1. The summed E-state index contributed by atoms with van der Waals surface area (Å²) in [5.74, 6) is -0.243. The first-order chi connectivity index (χ1) is 16.7. The Kier molecular flexibility index (Phi) is 7.17. The predicted molar refractivity (Wildman–Crippen MR) is 130 cm³/mol. The summed E-state index contributed by atoms with van der Waals surface area (Å²) in [4.78, 5) is 40.2. The van der Waals surface area contributed by atoms with Crippen molar-refractivity contribution in [1.29, 1.82) is 0 Å². The number of carbonyl (C=O) groups excluding carboxylic acids is 1. The van der Waals surface area contributed by atoms with E-state index >= 15 is 0 Å². The summed E-state index contributed by atoms with van der Waals surface area (Å²) in [6.45, 7) is 1.89. The van der Waals surface area contributed by atoms with Gasteiger partial charge in [-0.15, -0.1) is 0 Å². The second kappa shape index (κ2) is 10.3. The van der Waals surface area contributed by atoms with Crippen LogP contribution in [0.4, 0.5) is 5.69 Å². The van der Waals surface area contributed by atoms with Crippen molar-refractivity contribution in [2.45, 2.75) is 31.3 Å². The van der Waals surface area contributed by atoms with E-state index in [-0.39, 0.29) is 24.7 Å². The lowest BCUT2D eigenvalue weighted by molar-refractivity contribution is -0.120. The predicted octanol–water partition coefficient (Wildman–Crippen LogP) is 1.99. The van der Waals surface area contributed by atoms with Gasteiger partial charge < -0.3 is 15.0 Å². The summed E-state index contributed by atoms with van der Waals surface area (Å²) >= 11 is 0. The molecule has 1 aromatic heterocycles. The smallest absolute Gasteiger partial charge is 0.325 e. The van der Waals surface area contributed by atoms with Gasteiger partial charge in [-0.2, -0.15) is 4.31 Å². The van der Waals surface area contributed by atoms with Gasteiger partial charge in [0.15, 0.2) is 4.90 Å². The molecule has 35 heavy (non-hydrogen) atoms. The largest absolute Gasteiger partial charge is 0.489 e. The number of hydrogen-bond donors (Lipinski definition) is 3. The average molecular weight is 499 g/mol. The van der Waals surface area contributed by atoms with Gasteiger partial charge in [-0.3, -0.25) is 14.6 Å². The molecule has 0 bridgehead atoms. The Morgan fingerprint density at radius 2 is 1.80 bits per heavy atom. The van der Waals surface area contributed by atoms with Crippen molar-refractivity contribution in [3.63, 3.8) is 0 Å². The Labute approximate surface area is 202 Å². The van der Waals surface area contributed by atoms with Crippen LogP contribution in [0.2, 0.25) is 0 Å². The van der Waals surface area contributed by atoms with Crippen molar-refractivity contribution < 1.29 is 17.9 Å². The number of nitrogens with zero attached hydrogens (tertiary/aromatic N) is 1. The zero-order valence-corrected chi connectivity index (χ0v) is 19.9. The van der Waals surface area contributed by atoms with Gasteiger partial charge in [0.25, 0.3) is 5.56 Å². The van der Waals surface area contributed by atoms with E-state index in [1.807, 2.05) is 35.3 Å². The van der Waals surface area contributed by atoms with Crippen LogP contribution in [0.25, 0.3) is 0 Å². The maximum atomic E-state index is 13.1. The molecule has 0 radical (unpaired) electrons. The molecule has 1 saturated heterocycles. The van der Waals surface area contributed by atoms with E-state index in [0.29, 0.717) is 30.9 Å². The highest BCUT2D eigenvalue weighted by Crippen LogP contribution is 2.25. The second-order valence-electron chi connectivity index (χ2n) is 8.35. The van der Waals surface area contributed by atoms with Gasteiger partial charge >= 0.3 is 5.69 Å². The number of aryl methyl sites for hydroxylation is 1. The Bertz CT molecular complexity index is 1410. The molecule has 11 heteroatoms. The maximum Gasteiger partial charge on any atom is 0.325 e. The van der Waals surface area contributed by atoms with E-state index < -0.39 is 32.1 Å². The van der Waals surface area contributed by atoms with E-state index in [4.69, 9.17) is 4.74 Å². The van der Waals surface area contributed by atoms with E-state index in [0.717, 1.165) is 9.87 Å². The molecule has 0 saturated carbocycles. The molecule has 0 unspecified atom stereocenters. The molecule has 0 aliphatic carbocycles. The Balaban J connectivity index is 1.39. The van der Waals surface area contributed by atoms with Gasteiger partial charge in [-0.1, -0.05) is 30.3 Å². The number of rotatable bonds is 7. The zero-order valence-electron chi connectivity index (χ0n) is 19.1. The minimum Gasteiger partial charge on any atom is -0.489 e. The van der Waals surface area contributed by atoms with Crippen LogP contribution in [0.3, 0.4) is 0 Å². The fourth-order valence-electron chi connectivity index (χ4n) is 4.02. The summed E-state index contributed by atoms with van der Waals surface area (Å²) in [5.41, 5.74) is -0.193. The number of nitrogens with one attached hydrogen (secondary N) is 3. The quantitative estimate of drug-likeness (QED) is 0.455. The van der Waals surface area contributed by atoms with Crippen LogP contribution >= 0.6 is 0 Å². The van der Waals surface area contributed by atoms with Crippen LogP contribution in [0.5, 0.6) is 5.75 Å². The van der Waals surface area contributed by atoms with Crippen molar-refractivity contribution in [3.8, 4) is 5.75 Å². The monoisotopic (exact) mass is 498 g/mol. The van der Waals surface area contributed by atoms with Crippen LogP contribution < -0.4 is 21.3 Å². The van der Waals surface area contributed by atoms with Gasteiger partial charge in [-0.25, -0.2) is 13.2 Å². The summed E-state index contributed by atoms with van der Waals surface area (Å²) in [7, 11) is -4.19. The number of ether oxygens (including phenoxy) is 1. The lowest BCUT2D eigenvalue weighted by Crippen LogP contribution is -2.45. The first-order valence-corrected chi connectivity index (χ1v) is 12.6. The van der Waals surface area contributed by atoms with Crippen molar-refractivity contribution in [2.75, 3.05) is 18.4 Å². The highest BCUT2D eigenvalue weighted by Gasteiger charge is 2.36. The molecular formula is C24H26N4O6S. The Hall–Kier alpha value is -3.70. The summed E-state index contributed by atoms with van der Waals surface area (Å²) < 4.78 is 33.1. The third-order valence-corrected chi connectivity index (χ3v) is 7.82. The fourth-order valence-corrected chi connectivity index (χ4v) is 5.75. The number of anilines is 1. The molecule has 10 nitrogen and oxygen atoms in total. The average Bonchev–Trinajstić information content (AvgIpc) is 2.83. The maximum absolute atomic E-state index is 13.1. The lowest BCUT2D eigenvalue weighted by atomic mass is 9.99. The van der Waals surface area contributed by atoms with E-state index in [1.165, 1.54) is 6.92 Å². The molecule has 4 rings (SSSR count).